The number of phenolic OH excluding ortho intramolecular Hbond substituents is 1. The van der Waals surface area contributed by atoms with Gasteiger partial charge in [0.1, 0.15) is 11.5 Å². The third-order valence-corrected chi connectivity index (χ3v) is 2.87. The summed E-state index contributed by atoms with van der Waals surface area (Å²) in [6, 6.07) is 10.0. The van der Waals surface area contributed by atoms with Gasteiger partial charge < -0.3 is 15.9 Å². The lowest BCUT2D eigenvalue weighted by Crippen LogP contribution is -2.11. The highest BCUT2D eigenvalue weighted by atomic mass is 35.5. The zero-order valence-corrected chi connectivity index (χ0v) is 9.90. The molecule has 0 saturated carbocycles. The molecule has 0 heterocycles. The normalized spacial score (nSPS) is 10.3. The predicted molar refractivity (Wildman–Crippen MR) is 67.6 cm³/mol. The Morgan fingerprint density at radius 3 is 2.67 bits per heavy atom. The number of hydrogen-bond acceptors (Lipinski definition) is 3. The molecule has 91 valence electrons. The fourth-order valence-electron chi connectivity index (χ4n) is 1.59. The maximum Gasteiger partial charge on any atom is 0.252 e. The zero-order chi connectivity index (χ0) is 13.3. The van der Waals surface area contributed by atoms with E-state index >= 15 is 0 Å². The van der Waals surface area contributed by atoms with Crippen molar-refractivity contribution in [1.29, 1.82) is 0 Å². The van der Waals surface area contributed by atoms with E-state index in [2.05, 4.69) is 6.07 Å². The standard InChI is InChI=1S/C13H9ClNO3/c14-12-8(2-1-3-11(12)17)7-4-5-10(16)9(6-7)13(15)18/h1-2,4-6,16-17H,(H2,15,18). The Morgan fingerprint density at radius 1 is 1.28 bits per heavy atom. The van der Waals surface area contributed by atoms with Crippen molar-refractivity contribution in [3.8, 4) is 22.6 Å². The number of phenols is 2. The van der Waals surface area contributed by atoms with Crippen molar-refractivity contribution in [2.45, 2.75) is 0 Å². The number of halogens is 1. The van der Waals surface area contributed by atoms with Gasteiger partial charge in [0.05, 0.1) is 10.6 Å². The van der Waals surface area contributed by atoms with E-state index in [9.17, 15) is 15.0 Å². The first-order valence-electron chi connectivity index (χ1n) is 5.03. The molecular formula is C13H9ClNO3. The molecule has 4 N–H and O–H groups in total. The van der Waals surface area contributed by atoms with Gasteiger partial charge in [-0.3, -0.25) is 4.79 Å². The van der Waals surface area contributed by atoms with E-state index in [4.69, 9.17) is 17.3 Å². The molecule has 0 aliphatic heterocycles. The fraction of sp³-hybridized carbons (Fsp3) is 0. The van der Waals surface area contributed by atoms with E-state index in [0.717, 1.165) is 0 Å². The summed E-state index contributed by atoms with van der Waals surface area (Å²) in [4.78, 5) is 11.1. The lowest BCUT2D eigenvalue weighted by molar-refractivity contribution is 0.0998. The van der Waals surface area contributed by atoms with Crippen LogP contribution in [-0.4, -0.2) is 16.1 Å². The second-order valence-corrected chi connectivity index (χ2v) is 4.03. The Hall–Kier alpha value is -2.20. The van der Waals surface area contributed by atoms with E-state index < -0.39 is 5.91 Å². The van der Waals surface area contributed by atoms with Gasteiger partial charge in [-0.15, -0.1) is 0 Å². The number of primary amides is 1. The molecule has 0 aromatic heterocycles. The van der Waals surface area contributed by atoms with Gasteiger partial charge in [0.15, 0.2) is 0 Å². The minimum absolute atomic E-state index is 0.00381. The average Bonchev–Trinajstić information content (AvgIpc) is 2.33. The predicted octanol–water partition coefficient (Wildman–Crippen LogP) is 2.32. The van der Waals surface area contributed by atoms with Crippen molar-refractivity contribution in [3.05, 3.63) is 47.0 Å². The first kappa shape index (κ1) is 12.3. The minimum atomic E-state index is -0.739. The van der Waals surface area contributed by atoms with Crippen LogP contribution in [0.25, 0.3) is 11.1 Å². The molecule has 0 aliphatic carbocycles. The van der Waals surface area contributed by atoms with Crippen LogP contribution in [0.1, 0.15) is 10.4 Å². The van der Waals surface area contributed by atoms with Crippen LogP contribution in [0.15, 0.2) is 30.3 Å². The maximum atomic E-state index is 11.1. The van der Waals surface area contributed by atoms with E-state index in [1.165, 1.54) is 18.2 Å². The molecular weight excluding hydrogens is 254 g/mol. The van der Waals surface area contributed by atoms with Crippen molar-refractivity contribution in [2.24, 2.45) is 5.73 Å². The van der Waals surface area contributed by atoms with E-state index in [-0.39, 0.29) is 22.1 Å². The Bertz CT molecular complexity index is 626. The highest BCUT2D eigenvalue weighted by Crippen LogP contribution is 2.35. The van der Waals surface area contributed by atoms with Gasteiger partial charge in [-0.05, 0) is 23.8 Å². The molecule has 2 rings (SSSR count). The van der Waals surface area contributed by atoms with Crippen LogP contribution in [0.5, 0.6) is 11.5 Å². The molecule has 5 heteroatoms. The monoisotopic (exact) mass is 262 g/mol. The lowest BCUT2D eigenvalue weighted by atomic mass is 10.0. The van der Waals surface area contributed by atoms with Crippen molar-refractivity contribution >= 4 is 17.5 Å². The molecule has 18 heavy (non-hydrogen) atoms. The summed E-state index contributed by atoms with van der Waals surface area (Å²) in [7, 11) is 0. The summed E-state index contributed by atoms with van der Waals surface area (Å²) in [6.45, 7) is 0. The van der Waals surface area contributed by atoms with Gasteiger partial charge in [0.2, 0.25) is 0 Å². The van der Waals surface area contributed by atoms with Crippen LogP contribution in [0.3, 0.4) is 0 Å². The van der Waals surface area contributed by atoms with Gasteiger partial charge in [-0.2, -0.15) is 0 Å². The highest BCUT2D eigenvalue weighted by Gasteiger charge is 2.12. The van der Waals surface area contributed by atoms with Crippen molar-refractivity contribution in [1.82, 2.24) is 0 Å². The second-order valence-electron chi connectivity index (χ2n) is 3.65. The van der Waals surface area contributed by atoms with E-state index in [1.54, 1.807) is 12.1 Å². The van der Waals surface area contributed by atoms with Crippen LogP contribution in [0.4, 0.5) is 0 Å². The SMILES string of the molecule is NC(=O)c1cc(-c2cc[c]c(O)c2Cl)ccc1O. The molecule has 0 fully saturated rings. The summed E-state index contributed by atoms with van der Waals surface area (Å²) >= 11 is 5.94. The van der Waals surface area contributed by atoms with Gasteiger partial charge >= 0.3 is 0 Å². The highest BCUT2D eigenvalue weighted by molar-refractivity contribution is 6.34. The molecule has 0 aliphatic rings. The van der Waals surface area contributed by atoms with Crippen molar-refractivity contribution in [3.63, 3.8) is 0 Å². The number of rotatable bonds is 2. The molecule has 2 aromatic rings. The Balaban J connectivity index is 2.62. The summed E-state index contributed by atoms with van der Waals surface area (Å²) in [5, 5.41) is 19.1. The Morgan fingerprint density at radius 2 is 2.00 bits per heavy atom. The molecule has 2 aromatic carbocycles. The number of aromatic hydroxyl groups is 2. The molecule has 0 spiro atoms. The largest absolute Gasteiger partial charge is 0.507 e. The van der Waals surface area contributed by atoms with Crippen LogP contribution >= 0.6 is 11.6 Å². The quantitative estimate of drug-likeness (QED) is 0.777. The molecule has 1 amide bonds. The van der Waals surface area contributed by atoms with E-state index in [1.807, 2.05) is 0 Å². The summed E-state index contributed by atoms with van der Waals surface area (Å²) in [6.07, 6.45) is 0. The summed E-state index contributed by atoms with van der Waals surface area (Å²) in [5.41, 5.74) is 6.23. The molecule has 0 unspecified atom stereocenters. The smallest absolute Gasteiger partial charge is 0.252 e. The van der Waals surface area contributed by atoms with Crippen LogP contribution < -0.4 is 5.73 Å². The Kier molecular flexibility index (Phi) is 3.12. The molecule has 4 nitrogen and oxygen atoms in total. The van der Waals surface area contributed by atoms with Gasteiger partial charge in [0.25, 0.3) is 5.91 Å². The van der Waals surface area contributed by atoms with Gasteiger partial charge in [-0.1, -0.05) is 23.7 Å². The molecule has 0 saturated heterocycles. The molecule has 1 radical (unpaired) electrons. The van der Waals surface area contributed by atoms with Crippen molar-refractivity contribution in [2.75, 3.05) is 0 Å². The van der Waals surface area contributed by atoms with Gasteiger partial charge in [-0.25, -0.2) is 0 Å². The molecule has 0 atom stereocenters. The third kappa shape index (κ3) is 2.10. The van der Waals surface area contributed by atoms with Gasteiger partial charge in [0, 0.05) is 11.6 Å². The number of benzene rings is 2. The fourth-order valence-corrected chi connectivity index (χ4v) is 1.82. The second kappa shape index (κ2) is 4.58. The van der Waals surface area contributed by atoms with Crippen LogP contribution in [-0.2, 0) is 0 Å². The molecule has 0 bridgehead atoms. The van der Waals surface area contributed by atoms with E-state index in [0.29, 0.717) is 11.1 Å². The van der Waals surface area contributed by atoms with Crippen molar-refractivity contribution < 1.29 is 15.0 Å². The van der Waals surface area contributed by atoms with Crippen LogP contribution in [0, 0.1) is 6.07 Å². The topological polar surface area (TPSA) is 83.6 Å². The third-order valence-electron chi connectivity index (χ3n) is 2.49. The lowest BCUT2D eigenvalue weighted by Gasteiger charge is -2.08. The number of hydrogen-bond donors (Lipinski definition) is 3. The summed E-state index contributed by atoms with van der Waals surface area (Å²) < 4.78 is 0. The van der Waals surface area contributed by atoms with Crippen LogP contribution in [0.2, 0.25) is 5.02 Å². The first-order valence-corrected chi connectivity index (χ1v) is 5.41. The maximum absolute atomic E-state index is 11.1. The first-order chi connectivity index (χ1) is 8.50. The average molecular weight is 263 g/mol. The zero-order valence-electron chi connectivity index (χ0n) is 9.14. The number of amides is 1. The number of carbonyl (C=O) groups is 1. The Labute approximate surface area is 108 Å². The minimum Gasteiger partial charge on any atom is -0.507 e. The number of nitrogens with two attached hydrogens (primary N) is 1. The summed E-state index contributed by atoms with van der Waals surface area (Å²) in [5.74, 6) is -1.12. The number of carbonyl (C=O) groups excluding carboxylic acids is 1.